The van der Waals surface area contributed by atoms with Gasteiger partial charge in [0.15, 0.2) is 0 Å². The van der Waals surface area contributed by atoms with Gasteiger partial charge in [0.1, 0.15) is 0 Å². The van der Waals surface area contributed by atoms with Crippen LogP contribution >= 0.6 is 23.1 Å². The third kappa shape index (κ3) is 4.65. The zero-order valence-corrected chi connectivity index (χ0v) is 14.1. The Hall–Kier alpha value is -0.770. The molecule has 0 amide bonds. The zero-order valence-electron chi connectivity index (χ0n) is 12.4. The second kappa shape index (κ2) is 7.87. The molecule has 3 heteroatoms. The van der Waals surface area contributed by atoms with Crippen molar-refractivity contribution in [1.29, 1.82) is 0 Å². The number of rotatable bonds is 7. The second-order valence-electron chi connectivity index (χ2n) is 5.26. The molecule has 108 valence electrons. The van der Waals surface area contributed by atoms with E-state index in [4.69, 9.17) is 0 Å². The first-order valence-corrected chi connectivity index (χ1v) is 9.03. The quantitative estimate of drug-likeness (QED) is 0.549. The van der Waals surface area contributed by atoms with E-state index in [-0.39, 0.29) is 0 Å². The second-order valence-corrected chi connectivity index (χ2v) is 7.41. The molecule has 2 rings (SSSR count). The number of thiophene rings is 1. The van der Waals surface area contributed by atoms with Crippen LogP contribution in [0.5, 0.6) is 0 Å². The summed E-state index contributed by atoms with van der Waals surface area (Å²) in [5.74, 6) is 1.72. The van der Waals surface area contributed by atoms with E-state index < -0.39 is 0 Å². The van der Waals surface area contributed by atoms with Crippen molar-refractivity contribution in [3.8, 4) is 0 Å². The molecular formula is C17H23NS2. The van der Waals surface area contributed by atoms with E-state index in [2.05, 4.69) is 67.9 Å². The summed E-state index contributed by atoms with van der Waals surface area (Å²) in [6.45, 7) is 7.74. The van der Waals surface area contributed by atoms with E-state index in [1.165, 1.54) is 15.3 Å². The zero-order chi connectivity index (χ0) is 14.4. The molecule has 1 atom stereocenters. The number of hydrogen-bond donors (Lipinski definition) is 1. The van der Waals surface area contributed by atoms with Gasteiger partial charge in [-0.05, 0) is 42.0 Å². The minimum atomic E-state index is 0.457. The molecule has 0 aliphatic carbocycles. The van der Waals surface area contributed by atoms with Crippen LogP contribution in [0, 0.1) is 0 Å². The first-order valence-electron chi connectivity index (χ1n) is 7.16. The number of hydrogen-bond acceptors (Lipinski definition) is 3. The van der Waals surface area contributed by atoms with E-state index >= 15 is 0 Å². The first-order chi connectivity index (χ1) is 9.66. The van der Waals surface area contributed by atoms with Gasteiger partial charge in [0, 0.05) is 28.1 Å². The molecule has 0 aliphatic heterocycles. The molecule has 1 aromatic carbocycles. The van der Waals surface area contributed by atoms with E-state index in [0.717, 1.165) is 12.3 Å². The van der Waals surface area contributed by atoms with Crippen molar-refractivity contribution in [2.45, 2.75) is 37.6 Å². The molecule has 1 unspecified atom stereocenters. The Bertz CT molecular complexity index is 488. The summed E-state index contributed by atoms with van der Waals surface area (Å²) in [7, 11) is 0. The molecule has 1 heterocycles. The average molecular weight is 306 g/mol. The van der Waals surface area contributed by atoms with Gasteiger partial charge in [0.05, 0.1) is 0 Å². The van der Waals surface area contributed by atoms with Crippen LogP contribution < -0.4 is 5.32 Å². The molecule has 0 fully saturated rings. The summed E-state index contributed by atoms with van der Waals surface area (Å²) < 4.78 is 0. The maximum Gasteiger partial charge on any atom is 0.0386 e. The fraction of sp³-hybridized carbons (Fsp3) is 0.412. The monoisotopic (exact) mass is 305 g/mol. The Balaban J connectivity index is 1.70. The number of benzene rings is 1. The first kappa shape index (κ1) is 15.6. The molecule has 0 saturated heterocycles. The Kier molecular flexibility index (Phi) is 6.14. The summed E-state index contributed by atoms with van der Waals surface area (Å²) in [6.07, 6.45) is 0. The van der Waals surface area contributed by atoms with Gasteiger partial charge in [0.25, 0.3) is 0 Å². The van der Waals surface area contributed by atoms with Gasteiger partial charge < -0.3 is 5.32 Å². The Labute approximate surface area is 130 Å². The molecule has 1 N–H and O–H groups in total. The highest BCUT2D eigenvalue weighted by Crippen LogP contribution is 2.22. The third-order valence-corrected chi connectivity index (χ3v) is 5.41. The fourth-order valence-corrected chi connectivity index (χ4v) is 3.57. The van der Waals surface area contributed by atoms with Gasteiger partial charge in [0.2, 0.25) is 0 Å². The van der Waals surface area contributed by atoms with Crippen LogP contribution in [0.4, 0.5) is 0 Å². The van der Waals surface area contributed by atoms with Crippen molar-refractivity contribution in [3.05, 3.63) is 52.2 Å². The van der Waals surface area contributed by atoms with Crippen LogP contribution in [0.25, 0.3) is 0 Å². The van der Waals surface area contributed by atoms with Gasteiger partial charge in [-0.25, -0.2) is 0 Å². The summed E-state index contributed by atoms with van der Waals surface area (Å²) >= 11 is 3.74. The predicted octanol–water partition coefficient (Wildman–Crippen LogP) is 5.31. The molecule has 2 aromatic rings. The molecule has 0 aliphatic rings. The normalized spacial score (nSPS) is 12.8. The van der Waals surface area contributed by atoms with Crippen molar-refractivity contribution < 1.29 is 0 Å². The Morgan fingerprint density at radius 1 is 1.10 bits per heavy atom. The minimum Gasteiger partial charge on any atom is -0.309 e. The SMILES string of the molecule is CC(C)c1ccc(SCCNC(C)c2cccs2)cc1. The molecule has 20 heavy (non-hydrogen) atoms. The summed E-state index contributed by atoms with van der Waals surface area (Å²) in [4.78, 5) is 2.77. The number of nitrogens with one attached hydrogen (secondary N) is 1. The number of thioether (sulfide) groups is 1. The van der Waals surface area contributed by atoms with Crippen molar-refractivity contribution in [2.24, 2.45) is 0 Å². The van der Waals surface area contributed by atoms with Crippen molar-refractivity contribution in [1.82, 2.24) is 5.32 Å². The summed E-state index contributed by atoms with van der Waals surface area (Å²) in [5.41, 5.74) is 1.42. The lowest BCUT2D eigenvalue weighted by Crippen LogP contribution is -2.20. The summed E-state index contributed by atoms with van der Waals surface area (Å²) in [5, 5.41) is 5.71. The van der Waals surface area contributed by atoms with Gasteiger partial charge in [-0.15, -0.1) is 23.1 Å². The summed E-state index contributed by atoms with van der Waals surface area (Å²) in [6, 6.07) is 13.7. The van der Waals surface area contributed by atoms with E-state index in [0.29, 0.717) is 12.0 Å². The minimum absolute atomic E-state index is 0.457. The maximum atomic E-state index is 3.57. The Morgan fingerprint density at radius 3 is 2.45 bits per heavy atom. The van der Waals surface area contributed by atoms with E-state index in [1.807, 2.05) is 23.1 Å². The van der Waals surface area contributed by atoms with Crippen LogP contribution in [-0.4, -0.2) is 12.3 Å². The molecular weight excluding hydrogens is 282 g/mol. The predicted molar refractivity (Wildman–Crippen MR) is 92.0 cm³/mol. The highest BCUT2D eigenvalue weighted by molar-refractivity contribution is 7.99. The largest absolute Gasteiger partial charge is 0.309 e. The molecule has 0 spiro atoms. The van der Waals surface area contributed by atoms with Crippen LogP contribution in [0.15, 0.2) is 46.7 Å². The van der Waals surface area contributed by atoms with Crippen molar-refractivity contribution >= 4 is 23.1 Å². The lowest BCUT2D eigenvalue weighted by Gasteiger charge is -2.12. The smallest absolute Gasteiger partial charge is 0.0386 e. The van der Waals surface area contributed by atoms with Crippen LogP contribution in [-0.2, 0) is 0 Å². The molecule has 0 saturated carbocycles. The Morgan fingerprint density at radius 2 is 1.85 bits per heavy atom. The maximum absolute atomic E-state index is 3.57. The van der Waals surface area contributed by atoms with Gasteiger partial charge in [-0.2, -0.15) is 0 Å². The van der Waals surface area contributed by atoms with Crippen molar-refractivity contribution in [3.63, 3.8) is 0 Å². The highest BCUT2D eigenvalue weighted by Gasteiger charge is 2.05. The molecule has 1 nitrogen and oxygen atoms in total. The molecule has 1 aromatic heterocycles. The highest BCUT2D eigenvalue weighted by atomic mass is 32.2. The third-order valence-electron chi connectivity index (χ3n) is 3.34. The van der Waals surface area contributed by atoms with Crippen LogP contribution in [0.2, 0.25) is 0 Å². The average Bonchev–Trinajstić information content (AvgIpc) is 2.98. The molecule has 0 bridgehead atoms. The lowest BCUT2D eigenvalue weighted by atomic mass is 10.0. The van der Waals surface area contributed by atoms with E-state index in [1.54, 1.807) is 0 Å². The van der Waals surface area contributed by atoms with Gasteiger partial charge >= 0.3 is 0 Å². The van der Waals surface area contributed by atoms with E-state index in [9.17, 15) is 0 Å². The van der Waals surface area contributed by atoms with Crippen molar-refractivity contribution in [2.75, 3.05) is 12.3 Å². The molecule has 0 radical (unpaired) electrons. The topological polar surface area (TPSA) is 12.0 Å². The lowest BCUT2D eigenvalue weighted by molar-refractivity contribution is 0.610. The fourth-order valence-electron chi connectivity index (χ4n) is 2.03. The van der Waals surface area contributed by atoms with Crippen LogP contribution in [0.1, 0.15) is 43.2 Å². The van der Waals surface area contributed by atoms with Crippen LogP contribution in [0.3, 0.4) is 0 Å². The standard InChI is InChI=1S/C17H23NS2/c1-13(2)15-6-8-16(9-7-15)19-12-10-18-14(3)17-5-4-11-20-17/h4-9,11,13-14,18H,10,12H2,1-3H3. The van der Waals surface area contributed by atoms with Gasteiger partial charge in [-0.1, -0.05) is 32.0 Å². The van der Waals surface area contributed by atoms with Gasteiger partial charge in [-0.3, -0.25) is 0 Å².